The molecule has 0 aliphatic rings. The van der Waals surface area contributed by atoms with E-state index in [2.05, 4.69) is 42.2 Å². The summed E-state index contributed by atoms with van der Waals surface area (Å²) >= 11 is 1.75. The molecule has 1 atom stereocenters. The van der Waals surface area contributed by atoms with Crippen LogP contribution in [0.4, 0.5) is 0 Å². The van der Waals surface area contributed by atoms with Crippen LogP contribution in [0.3, 0.4) is 0 Å². The first-order valence-electron chi connectivity index (χ1n) is 6.06. The summed E-state index contributed by atoms with van der Waals surface area (Å²) in [6.07, 6.45) is 1.83. The number of aryl methyl sites for hydroxylation is 1. The van der Waals surface area contributed by atoms with Crippen molar-refractivity contribution in [2.75, 3.05) is 0 Å². The number of thioether (sulfide) groups is 1. The Bertz CT molecular complexity index is 523. The fraction of sp³-hybridized carbons (Fsp3) is 0.267. The van der Waals surface area contributed by atoms with Gasteiger partial charge in [-0.2, -0.15) is 0 Å². The maximum Gasteiger partial charge on any atom is 0.101 e. The lowest BCUT2D eigenvalue weighted by Crippen LogP contribution is -2.07. The minimum atomic E-state index is 0.0260. The van der Waals surface area contributed by atoms with Crippen LogP contribution in [0.1, 0.15) is 29.7 Å². The van der Waals surface area contributed by atoms with Gasteiger partial charge in [0.25, 0.3) is 0 Å². The second-order valence-corrected chi connectivity index (χ2v) is 5.37. The van der Waals surface area contributed by atoms with Crippen LogP contribution in [-0.4, -0.2) is 4.98 Å². The van der Waals surface area contributed by atoms with E-state index in [1.807, 2.05) is 19.2 Å². The molecule has 0 amide bonds. The van der Waals surface area contributed by atoms with E-state index in [0.717, 1.165) is 16.3 Å². The molecule has 0 aliphatic carbocycles. The summed E-state index contributed by atoms with van der Waals surface area (Å²) in [5, 5.41) is 1.04. The van der Waals surface area contributed by atoms with Crippen molar-refractivity contribution in [1.29, 1.82) is 0 Å². The van der Waals surface area contributed by atoms with Gasteiger partial charge in [-0.1, -0.05) is 30.3 Å². The van der Waals surface area contributed by atoms with Gasteiger partial charge < -0.3 is 5.73 Å². The van der Waals surface area contributed by atoms with Crippen LogP contribution >= 0.6 is 11.8 Å². The fourth-order valence-electron chi connectivity index (χ4n) is 1.79. The Labute approximate surface area is 113 Å². The third kappa shape index (κ3) is 3.12. The lowest BCUT2D eigenvalue weighted by molar-refractivity contribution is 0.779. The summed E-state index contributed by atoms with van der Waals surface area (Å²) in [5.41, 5.74) is 9.75. The zero-order chi connectivity index (χ0) is 13.0. The van der Waals surface area contributed by atoms with Crippen molar-refractivity contribution in [3.8, 4) is 0 Å². The molecule has 3 heteroatoms. The highest BCUT2D eigenvalue weighted by molar-refractivity contribution is 7.98. The Morgan fingerprint density at radius 3 is 2.72 bits per heavy atom. The van der Waals surface area contributed by atoms with Crippen molar-refractivity contribution in [3.05, 3.63) is 59.3 Å². The average Bonchev–Trinajstić information content (AvgIpc) is 2.38. The summed E-state index contributed by atoms with van der Waals surface area (Å²) in [5.74, 6) is 0.934. The van der Waals surface area contributed by atoms with Crippen LogP contribution in [0.15, 0.2) is 47.6 Å². The average molecular weight is 258 g/mol. The lowest BCUT2D eigenvalue weighted by atomic mass is 10.1. The van der Waals surface area contributed by atoms with Crippen LogP contribution in [0.25, 0.3) is 0 Å². The van der Waals surface area contributed by atoms with E-state index < -0.39 is 0 Å². The van der Waals surface area contributed by atoms with E-state index in [4.69, 9.17) is 5.73 Å². The van der Waals surface area contributed by atoms with Crippen molar-refractivity contribution in [2.24, 2.45) is 5.73 Å². The minimum Gasteiger partial charge on any atom is -0.324 e. The van der Waals surface area contributed by atoms with Gasteiger partial charge in [0.1, 0.15) is 5.03 Å². The molecule has 0 saturated carbocycles. The Kier molecular flexibility index (Phi) is 4.39. The number of aromatic nitrogens is 1. The van der Waals surface area contributed by atoms with Gasteiger partial charge in [-0.05, 0) is 31.0 Å². The van der Waals surface area contributed by atoms with E-state index in [0.29, 0.717) is 0 Å². The molecule has 18 heavy (non-hydrogen) atoms. The predicted molar refractivity (Wildman–Crippen MR) is 77.6 cm³/mol. The monoisotopic (exact) mass is 258 g/mol. The number of hydrogen-bond donors (Lipinski definition) is 1. The van der Waals surface area contributed by atoms with Gasteiger partial charge in [-0.3, -0.25) is 0 Å². The number of benzene rings is 1. The quantitative estimate of drug-likeness (QED) is 0.850. The first-order chi connectivity index (χ1) is 8.68. The number of hydrogen-bond acceptors (Lipinski definition) is 3. The van der Waals surface area contributed by atoms with Crippen LogP contribution in [0.2, 0.25) is 0 Å². The Balaban J connectivity index is 2.14. The van der Waals surface area contributed by atoms with Gasteiger partial charge in [0.15, 0.2) is 0 Å². The summed E-state index contributed by atoms with van der Waals surface area (Å²) in [7, 11) is 0. The van der Waals surface area contributed by atoms with Gasteiger partial charge >= 0.3 is 0 Å². The molecule has 0 radical (unpaired) electrons. The summed E-state index contributed by atoms with van der Waals surface area (Å²) in [4.78, 5) is 4.43. The maximum absolute atomic E-state index is 5.96. The molecule has 2 N–H and O–H groups in total. The highest BCUT2D eigenvalue weighted by Crippen LogP contribution is 2.27. The molecule has 0 saturated heterocycles. The summed E-state index contributed by atoms with van der Waals surface area (Å²) < 4.78 is 0. The molecule has 0 fully saturated rings. The fourth-order valence-corrected chi connectivity index (χ4v) is 2.96. The molecule has 0 aliphatic heterocycles. The van der Waals surface area contributed by atoms with E-state index in [1.165, 1.54) is 11.1 Å². The highest BCUT2D eigenvalue weighted by atomic mass is 32.2. The third-order valence-electron chi connectivity index (χ3n) is 2.92. The van der Waals surface area contributed by atoms with Crippen molar-refractivity contribution < 1.29 is 0 Å². The molecule has 0 spiro atoms. The molecule has 0 bridgehead atoms. The van der Waals surface area contributed by atoms with Gasteiger partial charge in [-0.15, -0.1) is 11.8 Å². The van der Waals surface area contributed by atoms with Crippen LogP contribution < -0.4 is 5.73 Å². The first kappa shape index (κ1) is 13.1. The van der Waals surface area contributed by atoms with Crippen molar-refractivity contribution in [1.82, 2.24) is 4.98 Å². The van der Waals surface area contributed by atoms with Crippen LogP contribution in [0.5, 0.6) is 0 Å². The molecule has 2 nitrogen and oxygen atoms in total. The van der Waals surface area contributed by atoms with Gasteiger partial charge in [0.05, 0.1) is 0 Å². The van der Waals surface area contributed by atoms with Gasteiger partial charge in [-0.25, -0.2) is 4.98 Å². The molecular formula is C15H18N2S. The minimum absolute atomic E-state index is 0.0260. The van der Waals surface area contributed by atoms with Crippen LogP contribution in [-0.2, 0) is 5.75 Å². The van der Waals surface area contributed by atoms with Gasteiger partial charge in [0.2, 0.25) is 0 Å². The van der Waals surface area contributed by atoms with E-state index in [9.17, 15) is 0 Å². The SMILES string of the molecule is Cc1ccccc1CSc1ncccc1C(C)N. The summed E-state index contributed by atoms with van der Waals surface area (Å²) in [6.45, 7) is 4.13. The Morgan fingerprint density at radius 1 is 1.22 bits per heavy atom. The van der Waals surface area contributed by atoms with Crippen molar-refractivity contribution in [3.63, 3.8) is 0 Å². The second-order valence-electron chi connectivity index (χ2n) is 4.40. The number of rotatable bonds is 4. The molecule has 1 unspecified atom stereocenters. The van der Waals surface area contributed by atoms with E-state index >= 15 is 0 Å². The first-order valence-corrected chi connectivity index (χ1v) is 7.05. The van der Waals surface area contributed by atoms with E-state index in [1.54, 1.807) is 11.8 Å². The second kappa shape index (κ2) is 6.03. The molecule has 94 valence electrons. The molecule has 1 heterocycles. The van der Waals surface area contributed by atoms with Crippen molar-refractivity contribution >= 4 is 11.8 Å². The Morgan fingerprint density at radius 2 is 2.00 bits per heavy atom. The normalized spacial score (nSPS) is 12.4. The smallest absolute Gasteiger partial charge is 0.101 e. The zero-order valence-electron chi connectivity index (χ0n) is 10.8. The maximum atomic E-state index is 5.96. The highest BCUT2D eigenvalue weighted by Gasteiger charge is 2.08. The third-order valence-corrected chi connectivity index (χ3v) is 3.99. The largest absolute Gasteiger partial charge is 0.324 e. The molecule has 2 aromatic rings. The molecular weight excluding hydrogens is 240 g/mol. The number of pyridine rings is 1. The molecule has 1 aromatic carbocycles. The zero-order valence-corrected chi connectivity index (χ0v) is 11.6. The summed E-state index contributed by atoms with van der Waals surface area (Å²) in [6, 6.07) is 12.5. The molecule has 1 aromatic heterocycles. The predicted octanol–water partition coefficient (Wildman–Crippen LogP) is 3.70. The van der Waals surface area contributed by atoms with Crippen molar-refractivity contribution in [2.45, 2.75) is 30.7 Å². The van der Waals surface area contributed by atoms with Gasteiger partial charge in [0, 0.05) is 23.6 Å². The lowest BCUT2D eigenvalue weighted by Gasteiger charge is -2.11. The number of nitrogens with zero attached hydrogens (tertiary/aromatic N) is 1. The standard InChI is InChI=1S/C15H18N2S/c1-11-6-3-4-7-13(11)10-18-15-14(12(2)16)8-5-9-17-15/h3-9,12H,10,16H2,1-2H3. The molecule has 2 rings (SSSR count). The number of nitrogens with two attached hydrogens (primary N) is 1. The topological polar surface area (TPSA) is 38.9 Å². The Hall–Kier alpha value is -1.32. The van der Waals surface area contributed by atoms with E-state index in [-0.39, 0.29) is 6.04 Å². The van der Waals surface area contributed by atoms with Crippen LogP contribution in [0, 0.1) is 6.92 Å².